The highest BCUT2D eigenvalue weighted by Crippen LogP contribution is 2.35. The number of carboxylic acids is 1. The average Bonchev–Trinajstić information content (AvgIpc) is 3.02. The number of hydrogen-bond donors (Lipinski definition) is 1. The summed E-state index contributed by atoms with van der Waals surface area (Å²) < 4.78 is 16.3. The molecule has 2 atom stereocenters. The summed E-state index contributed by atoms with van der Waals surface area (Å²) in [5.74, 6) is -2.43. The third kappa shape index (κ3) is 4.00. The standard InChI is InChI=1S/C21H19ClFN3O2/c1-13(21(27)28)12-26-19-7-3-2-5-17(19)20(25-26)16(6-4-10-24)15-9-8-14(22)11-18(15)23/h2-3,5,7-9,11,13,16H,4,6,12H2,1H3,(H,27,28). The van der Waals surface area contributed by atoms with E-state index in [4.69, 9.17) is 16.9 Å². The van der Waals surface area contributed by atoms with Crippen LogP contribution in [0, 0.1) is 23.1 Å². The van der Waals surface area contributed by atoms with Crippen molar-refractivity contribution in [3.05, 3.63) is 64.6 Å². The SMILES string of the molecule is CC(Cn1nc(C(CCC#N)c2ccc(Cl)cc2F)c2ccccc21)C(=O)O. The fraction of sp³-hybridized carbons (Fsp3) is 0.286. The van der Waals surface area contributed by atoms with Gasteiger partial charge in [0.1, 0.15) is 5.82 Å². The molecule has 2 aromatic carbocycles. The Labute approximate surface area is 167 Å². The number of fused-ring (bicyclic) bond motifs is 1. The highest BCUT2D eigenvalue weighted by Gasteiger charge is 2.25. The molecular formula is C21H19ClFN3O2. The van der Waals surface area contributed by atoms with E-state index in [1.807, 2.05) is 24.3 Å². The number of nitriles is 1. The van der Waals surface area contributed by atoms with Crippen molar-refractivity contribution in [2.24, 2.45) is 5.92 Å². The molecule has 5 nitrogen and oxygen atoms in total. The topological polar surface area (TPSA) is 78.9 Å². The molecule has 144 valence electrons. The van der Waals surface area contributed by atoms with Gasteiger partial charge >= 0.3 is 5.97 Å². The highest BCUT2D eigenvalue weighted by molar-refractivity contribution is 6.30. The van der Waals surface area contributed by atoms with Gasteiger partial charge in [-0.1, -0.05) is 42.8 Å². The van der Waals surface area contributed by atoms with Gasteiger partial charge < -0.3 is 5.11 Å². The Morgan fingerprint density at radius 1 is 1.36 bits per heavy atom. The lowest BCUT2D eigenvalue weighted by Crippen LogP contribution is -2.17. The summed E-state index contributed by atoms with van der Waals surface area (Å²) in [5, 5.41) is 24.1. The monoisotopic (exact) mass is 399 g/mol. The van der Waals surface area contributed by atoms with Crippen LogP contribution in [-0.2, 0) is 11.3 Å². The molecule has 1 heterocycles. The van der Waals surface area contributed by atoms with Crippen LogP contribution in [0.4, 0.5) is 4.39 Å². The molecule has 0 saturated carbocycles. The third-order valence-electron chi connectivity index (χ3n) is 4.77. The number of rotatable bonds is 7. The first kappa shape index (κ1) is 19.8. The van der Waals surface area contributed by atoms with Gasteiger partial charge in [-0.2, -0.15) is 10.4 Å². The Hall–Kier alpha value is -2.91. The summed E-state index contributed by atoms with van der Waals surface area (Å²) in [6, 6.07) is 14.0. The summed E-state index contributed by atoms with van der Waals surface area (Å²) in [5.41, 5.74) is 1.83. The largest absolute Gasteiger partial charge is 0.481 e. The number of aliphatic carboxylic acids is 1. The zero-order valence-corrected chi connectivity index (χ0v) is 16.0. The van der Waals surface area contributed by atoms with Gasteiger partial charge in [0, 0.05) is 22.7 Å². The van der Waals surface area contributed by atoms with E-state index in [0.29, 0.717) is 22.7 Å². The Balaban J connectivity index is 2.14. The van der Waals surface area contributed by atoms with Crippen molar-refractivity contribution >= 4 is 28.5 Å². The molecule has 7 heteroatoms. The van der Waals surface area contributed by atoms with Gasteiger partial charge in [0.25, 0.3) is 0 Å². The minimum absolute atomic E-state index is 0.198. The van der Waals surface area contributed by atoms with Crippen LogP contribution in [0.5, 0.6) is 0 Å². The maximum absolute atomic E-state index is 14.7. The van der Waals surface area contributed by atoms with Crippen LogP contribution in [0.1, 0.15) is 36.9 Å². The predicted octanol–water partition coefficient (Wildman–Crippen LogP) is 4.99. The van der Waals surface area contributed by atoms with E-state index in [1.54, 1.807) is 23.7 Å². The first-order valence-corrected chi connectivity index (χ1v) is 9.30. The summed E-state index contributed by atoms with van der Waals surface area (Å²) >= 11 is 5.89. The molecule has 0 aliphatic carbocycles. The number of aromatic nitrogens is 2. The first-order valence-electron chi connectivity index (χ1n) is 8.92. The van der Waals surface area contributed by atoms with Gasteiger partial charge in [0.15, 0.2) is 0 Å². The first-order chi connectivity index (χ1) is 13.4. The van der Waals surface area contributed by atoms with Gasteiger partial charge in [-0.05, 0) is 30.2 Å². The molecule has 3 aromatic rings. The fourth-order valence-corrected chi connectivity index (χ4v) is 3.48. The van der Waals surface area contributed by atoms with Gasteiger partial charge in [-0.15, -0.1) is 0 Å². The van der Waals surface area contributed by atoms with Crippen LogP contribution in [0.15, 0.2) is 42.5 Å². The summed E-state index contributed by atoms with van der Waals surface area (Å²) in [6.45, 7) is 1.81. The fourth-order valence-electron chi connectivity index (χ4n) is 3.32. The molecule has 0 radical (unpaired) electrons. The zero-order valence-electron chi connectivity index (χ0n) is 15.3. The molecule has 0 amide bonds. The van der Waals surface area contributed by atoms with Crippen LogP contribution < -0.4 is 0 Å². The lowest BCUT2D eigenvalue weighted by molar-refractivity contribution is -0.141. The summed E-state index contributed by atoms with van der Waals surface area (Å²) in [4.78, 5) is 11.3. The minimum atomic E-state index is -0.911. The number of hydrogen-bond acceptors (Lipinski definition) is 3. The van der Waals surface area contributed by atoms with Crippen LogP contribution in [0.2, 0.25) is 5.02 Å². The Morgan fingerprint density at radius 3 is 2.79 bits per heavy atom. The molecule has 0 saturated heterocycles. The Bertz CT molecular complexity index is 1060. The molecule has 2 unspecified atom stereocenters. The molecule has 3 rings (SSSR count). The van der Waals surface area contributed by atoms with Gasteiger partial charge in [0.05, 0.1) is 29.7 Å². The van der Waals surface area contributed by atoms with E-state index in [2.05, 4.69) is 11.2 Å². The maximum Gasteiger partial charge on any atom is 0.308 e. The molecule has 0 aliphatic rings. The van der Waals surface area contributed by atoms with Gasteiger partial charge in [0.2, 0.25) is 0 Å². The van der Waals surface area contributed by atoms with Crippen LogP contribution in [0.3, 0.4) is 0 Å². The van der Waals surface area contributed by atoms with Crippen molar-refractivity contribution in [1.29, 1.82) is 5.26 Å². The second kappa shape index (κ2) is 8.41. The Kier molecular flexibility index (Phi) is 5.96. The van der Waals surface area contributed by atoms with E-state index < -0.39 is 23.6 Å². The Morgan fingerprint density at radius 2 is 2.11 bits per heavy atom. The molecule has 0 bridgehead atoms. The normalized spacial score (nSPS) is 13.2. The highest BCUT2D eigenvalue weighted by atomic mass is 35.5. The lowest BCUT2D eigenvalue weighted by Gasteiger charge is -2.16. The maximum atomic E-state index is 14.7. The van der Waals surface area contributed by atoms with Crippen molar-refractivity contribution in [2.75, 3.05) is 0 Å². The third-order valence-corrected chi connectivity index (χ3v) is 5.00. The van der Waals surface area contributed by atoms with E-state index in [9.17, 15) is 14.3 Å². The summed E-state index contributed by atoms with van der Waals surface area (Å²) in [6.07, 6.45) is 0.629. The molecule has 0 fully saturated rings. The number of nitrogens with zero attached hydrogens (tertiary/aromatic N) is 3. The van der Waals surface area contributed by atoms with Crippen molar-refractivity contribution in [3.63, 3.8) is 0 Å². The average molecular weight is 400 g/mol. The van der Waals surface area contributed by atoms with Crippen LogP contribution in [-0.4, -0.2) is 20.9 Å². The molecule has 0 spiro atoms. The van der Waals surface area contributed by atoms with Gasteiger partial charge in [-0.3, -0.25) is 9.48 Å². The summed E-state index contributed by atoms with van der Waals surface area (Å²) in [7, 11) is 0. The number of para-hydroxylation sites is 1. The van der Waals surface area contributed by atoms with Gasteiger partial charge in [-0.25, -0.2) is 4.39 Å². The van der Waals surface area contributed by atoms with Crippen LogP contribution >= 0.6 is 11.6 Å². The minimum Gasteiger partial charge on any atom is -0.481 e. The van der Waals surface area contributed by atoms with E-state index in [0.717, 1.165) is 10.9 Å². The number of carbonyl (C=O) groups is 1. The number of carboxylic acid groups (broad SMARTS) is 1. The molecule has 28 heavy (non-hydrogen) atoms. The molecule has 1 aromatic heterocycles. The quantitative estimate of drug-likeness (QED) is 0.607. The van der Waals surface area contributed by atoms with E-state index in [-0.39, 0.29) is 13.0 Å². The second-order valence-corrected chi connectivity index (χ2v) is 7.18. The van der Waals surface area contributed by atoms with Crippen molar-refractivity contribution < 1.29 is 14.3 Å². The van der Waals surface area contributed by atoms with E-state index >= 15 is 0 Å². The molecule has 0 aliphatic heterocycles. The number of halogens is 2. The van der Waals surface area contributed by atoms with Crippen molar-refractivity contribution in [3.8, 4) is 6.07 Å². The zero-order chi connectivity index (χ0) is 20.3. The predicted molar refractivity (Wildman–Crippen MR) is 105 cm³/mol. The van der Waals surface area contributed by atoms with Crippen molar-refractivity contribution in [2.45, 2.75) is 32.2 Å². The van der Waals surface area contributed by atoms with E-state index in [1.165, 1.54) is 6.07 Å². The lowest BCUT2D eigenvalue weighted by atomic mass is 9.89. The molecule has 1 N–H and O–H groups in total. The number of benzene rings is 2. The smallest absolute Gasteiger partial charge is 0.308 e. The molecular weight excluding hydrogens is 381 g/mol. The second-order valence-electron chi connectivity index (χ2n) is 6.74. The van der Waals surface area contributed by atoms with Crippen molar-refractivity contribution in [1.82, 2.24) is 9.78 Å². The van der Waals surface area contributed by atoms with Crippen LogP contribution in [0.25, 0.3) is 10.9 Å².